The third-order valence-corrected chi connectivity index (χ3v) is 14.7. The molecule has 1 saturated heterocycles. The van der Waals surface area contributed by atoms with Gasteiger partial charge in [0.25, 0.3) is 0 Å². The maximum atomic E-state index is 13.2. The van der Waals surface area contributed by atoms with Gasteiger partial charge in [0.1, 0.15) is 36.6 Å². The minimum Gasteiger partial charge on any atom is -0.394 e. The largest absolute Gasteiger partial charge is 0.394 e. The van der Waals surface area contributed by atoms with E-state index >= 15 is 0 Å². The van der Waals surface area contributed by atoms with E-state index in [2.05, 4.69) is 43.5 Å². The molecule has 1 rings (SSSR count). The monoisotopic (exact) mass is 1010 g/mol. The predicted molar refractivity (Wildman–Crippen MR) is 293 cm³/mol. The number of amides is 1. The zero-order valence-corrected chi connectivity index (χ0v) is 46.0. The highest BCUT2D eigenvalue weighted by atomic mass is 16.7. The number of nitrogens with one attached hydrogen (secondary N) is 1. The van der Waals surface area contributed by atoms with Crippen LogP contribution in [0.25, 0.3) is 0 Å². The molecule has 1 amide bonds. The number of unbranched alkanes of at least 4 members (excludes halogenated alkanes) is 36. The Hall–Kier alpha value is -1.41. The van der Waals surface area contributed by atoms with E-state index in [9.17, 15) is 40.5 Å². The first-order chi connectivity index (χ1) is 34.7. The number of rotatable bonds is 52. The van der Waals surface area contributed by atoms with Crippen LogP contribution >= 0.6 is 0 Å². The highest BCUT2D eigenvalue weighted by molar-refractivity contribution is 5.80. The summed E-state index contributed by atoms with van der Waals surface area (Å²) in [5, 5.41) is 76.2. The van der Waals surface area contributed by atoms with Gasteiger partial charge < -0.3 is 50.5 Å². The fourth-order valence-electron chi connectivity index (χ4n) is 9.79. The number of hydrogen-bond acceptors (Lipinski definition) is 10. The van der Waals surface area contributed by atoms with Crippen LogP contribution in [-0.2, 0) is 14.3 Å². The smallest absolute Gasteiger partial charge is 0.249 e. The summed E-state index contributed by atoms with van der Waals surface area (Å²) in [5.74, 6) is -0.708. The van der Waals surface area contributed by atoms with Crippen LogP contribution in [0.2, 0.25) is 0 Å². The molecule has 1 fully saturated rings. The van der Waals surface area contributed by atoms with Gasteiger partial charge >= 0.3 is 0 Å². The van der Waals surface area contributed by atoms with Gasteiger partial charge in [0, 0.05) is 0 Å². The van der Waals surface area contributed by atoms with Crippen LogP contribution in [0.15, 0.2) is 24.3 Å². The van der Waals surface area contributed by atoms with Gasteiger partial charge in [-0.1, -0.05) is 244 Å². The summed E-state index contributed by atoms with van der Waals surface area (Å²) in [5.41, 5.74) is 0. The molecule has 420 valence electrons. The van der Waals surface area contributed by atoms with Crippen molar-refractivity contribution in [3.8, 4) is 0 Å². The molecule has 1 aliphatic rings. The summed E-state index contributed by atoms with van der Waals surface area (Å²) in [6, 6.07) is -1.19. The third kappa shape index (κ3) is 37.9. The maximum absolute atomic E-state index is 13.2. The van der Waals surface area contributed by atoms with Gasteiger partial charge in [-0.25, -0.2) is 0 Å². The van der Waals surface area contributed by atoms with Crippen molar-refractivity contribution in [1.82, 2.24) is 5.32 Å². The quantitative estimate of drug-likeness (QED) is 0.0215. The van der Waals surface area contributed by atoms with Gasteiger partial charge in [-0.3, -0.25) is 4.79 Å². The summed E-state index contributed by atoms with van der Waals surface area (Å²) in [4.78, 5) is 13.2. The van der Waals surface area contributed by atoms with Crippen molar-refractivity contribution in [3.05, 3.63) is 24.3 Å². The van der Waals surface area contributed by atoms with Gasteiger partial charge in [0.15, 0.2) is 6.29 Å². The fraction of sp³-hybridized carbons (Fsp3) is 0.917. The van der Waals surface area contributed by atoms with E-state index in [1.165, 1.54) is 186 Å². The molecule has 0 aromatic carbocycles. The minimum atomic E-state index is -1.67. The average Bonchev–Trinajstić information content (AvgIpc) is 3.37. The number of allylic oxidation sites excluding steroid dienone is 4. The highest BCUT2D eigenvalue weighted by Gasteiger charge is 2.44. The molecule has 0 spiro atoms. The molecular weight excluding hydrogens is 895 g/mol. The molecular formula is C60H115NO10. The van der Waals surface area contributed by atoms with Crippen LogP contribution < -0.4 is 5.32 Å². The number of aliphatic hydroxyl groups is 7. The maximum Gasteiger partial charge on any atom is 0.249 e. The molecule has 0 saturated carbocycles. The van der Waals surface area contributed by atoms with Gasteiger partial charge in [0.2, 0.25) is 5.91 Å². The second kappa shape index (κ2) is 49.5. The standard InChI is InChI=1S/C60H115NO10/c1-3-5-7-9-11-13-15-17-19-21-23-24-25-26-27-28-29-30-32-33-35-37-39-41-43-45-47-52(63)55(65)51(50-70-60-58(68)57(67)56(66)54(49-62)71-60)61-59(69)53(64)48-46-44-42-40-38-36-34-31-22-20-18-16-14-12-10-8-6-4-2/h22,31,39,41,51-58,60,62-68H,3-21,23-30,32-38,40,42-50H2,1-2H3,(H,61,69)/b31-22-,41-39+. The average molecular weight is 1010 g/mol. The third-order valence-electron chi connectivity index (χ3n) is 14.7. The van der Waals surface area contributed by atoms with E-state index in [-0.39, 0.29) is 12.8 Å². The molecule has 1 aliphatic heterocycles. The van der Waals surface area contributed by atoms with Crippen molar-refractivity contribution >= 4 is 5.91 Å². The van der Waals surface area contributed by atoms with Crippen LogP contribution in [0.3, 0.4) is 0 Å². The number of hydrogen-bond donors (Lipinski definition) is 8. The van der Waals surface area contributed by atoms with Crippen molar-refractivity contribution in [1.29, 1.82) is 0 Å². The summed E-state index contributed by atoms with van der Waals surface area (Å²) in [6.45, 7) is 3.47. The molecule has 71 heavy (non-hydrogen) atoms. The first-order valence-electron chi connectivity index (χ1n) is 30.2. The molecule has 11 heteroatoms. The Bertz CT molecular complexity index is 1200. The first-order valence-corrected chi connectivity index (χ1v) is 30.2. The van der Waals surface area contributed by atoms with Crippen molar-refractivity contribution in [3.63, 3.8) is 0 Å². The highest BCUT2D eigenvalue weighted by Crippen LogP contribution is 2.23. The number of aliphatic hydroxyl groups excluding tert-OH is 7. The van der Waals surface area contributed by atoms with Crippen molar-refractivity contribution < 1.29 is 50.0 Å². The second-order valence-electron chi connectivity index (χ2n) is 21.4. The summed E-state index contributed by atoms with van der Waals surface area (Å²) in [6.07, 6.45) is 48.1. The first kappa shape index (κ1) is 67.6. The zero-order chi connectivity index (χ0) is 51.8. The number of carbonyl (C=O) groups excluding carboxylic acids is 1. The van der Waals surface area contributed by atoms with Gasteiger partial charge in [-0.05, 0) is 64.2 Å². The topological polar surface area (TPSA) is 189 Å². The molecule has 1 heterocycles. The lowest BCUT2D eigenvalue weighted by Gasteiger charge is -2.40. The van der Waals surface area contributed by atoms with E-state index < -0.39 is 74.2 Å². The van der Waals surface area contributed by atoms with E-state index in [4.69, 9.17) is 9.47 Å². The Labute approximate surface area is 435 Å². The Kier molecular flexibility index (Phi) is 47.1. The van der Waals surface area contributed by atoms with Gasteiger partial charge in [-0.2, -0.15) is 0 Å². The molecule has 9 atom stereocenters. The SMILES string of the molecule is CCCCCCCCCC/C=C\CCCCCCCCC(O)C(=O)NC(COC1OC(CO)C(O)C(O)C1O)C(O)C(O)CCC/C=C/CCCCCCCCCCCCCCCCCCCCCCC. The fourth-order valence-corrected chi connectivity index (χ4v) is 9.79. The normalized spacial score (nSPS) is 20.3. The zero-order valence-electron chi connectivity index (χ0n) is 46.0. The van der Waals surface area contributed by atoms with E-state index in [1.54, 1.807) is 0 Å². The summed E-state index contributed by atoms with van der Waals surface area (Å²) >= 11 is 0. The number of carbonyl (C=O) groups is 1. The molecule has 8 N–H and O–H groups in total. The van der Waals surface area contributed by atoms with Gasteiger partial charge in [-0.15, -0.1) is 0 Å². The molecule has 9 unspecified atom stereocenters. The summed E-state index contributed by atoms with van der Waals surface area (Å²) < 4.78 is 11.1. The van der Waals surface area contributed by atoms with Crippen molar-refractivity contribution in [2.24, 2.45) is 0 Å². The predicted octanol–water partition coefficient (Wildman–Crippen LogP) is 12.9. The Morgan fingerprint density at radius 3 is 1.21 bits per heavy atom. The lowest BCUT2D eigenvalue weighted by Crippen LogP contribution is -2.60. The minimum absolute atomic E-state index is 0.248. The van der Waals surface area contributed by atoms with Gasteiger partial charge in [0.05, 0.1) is 25.4 Å². The number of ether oxygens (including phenoxy) is 2. The lowest BCUT2D eigenvalue weighted by atomic mass is 9.98. The van der Waals surface area contributed by atoms with Crippen LogP contribution in [0, 0.1) is 0 Å². The van der Waals surface area contributed by atoms with E-state index in [1.807, 2.05) is 0 Å². The molecule has 0 bridgehead atoms. The Morgan fingerprint density at radius 1 is 0.479 bits per heavy atom. The van der Waals surface area contributed by atoms with E-state index in [0.29, 0.717) is 12.8 Å². The Morgan fingerprint density at radius 2 is 0.831 bits per heavy atom. The molecule has 0 radical (unpaired) electrons. The molecule has 0 aromatic rings. The lowest BCUT2D eigenvalue weighted by molar-refractivity contribution is -0.303. The Balaban J connectivity index is 2.30. The second-order valence-corrected chi connectivity index (χ2v) is 21.4. The van der Waals surface area contributed by atoms with Crippen LogP contribution in [0.5, 0.6) is 0 Å². The summed E-state index contributed by atoms with van der Waals surface area (Å²) in [7, 11) is 0. The van der Waals surface area contributed by atoms with Crippen molar-refractivity contribution in [2.75, 3.05) is 13.2 Å². The molecule has 0 aliphatic carbocycles. The molecule has 0 aromatic heterocycles. The van der Waals surface area contributed by atoms with Crippen LogP contribution in [-0.4, -0.2) is 110 Å². The van der Waals surface area contributed by atoms with Crippen LogP contribution in [0.4, 0.5) is 0 Å². The molecule has 11 nitrogen and oxygen atoms in total. The van der Waals surface area contributed by atoms with Crippen molar-refractivity contribution in [2.45, 2.75) is 339 Å². The van der Waals surface area contributed by atoms with Crippen LogP contribution in [0.1, 0.15) is 284 Å². The van der Waals surface area contributed by atoms with E-state index in [0.717, 1.165) is 57.8 Å².